The number of hydrogen-bond donors (Lipinski definition) is 0. The second-order valence-electron chi connectivity index (χ2n) is 6.74. The molecule has 0 aromatic rings. The van der Waals surface area contributed by atoms with Crippen molar-refractivity contribution in [1.29, 1.82) is 0 Å². The van der Waals surface area contributed by atoms with Gasteiger partial charge in [-0.25, -0.2) is 0 Å². The van der Waals surface area contributed by atoms with E-state index < -0.39 is 54.5 Å². The van der Waals surface area contributed by atoms with Crippen molar-refractivity contribution in [3.8, 4) is 0 Å². The molecule has 0 unspecified atom stereocenters. The van der Waals surface area contributed by atoms with E-state index in [0.717, 1.165) is 0 Å². The molecule has 0 spiro atoms. The van der Waals surface area contributed by atoms with E-state index in [4.69, 9.17) is 28.4 Å². The normalized spacial score (nSPS) is 30.1. The molecule has 0 amide bonds. The number of carbonyl (C=O) groups is 4. The first kappa shape index (κ1) is 23.0. The number of rotatable bonds is 6. The monoisotopic (exact) mass is 417 g/mol. The van der Waals surface area contributed by atoms with E-state index in [1.807, 2.05) is 4.90 Å². The predicted molar refractivity (Wildman–Crippen MR) is 94.3 cm³/mol. The van der Waals surface area contributed by atoms with Gasteiger partial charge in [-0.3, -0.25) is 24.1 Å². The highest BCUT2D eigenvalue weighted by molar-refractivity contribution is 5.68. The lowest BCUT2D eigenvalue weighted by molar-refractivity contribution is -0.282. The molecular formula is C18H27NO10. The lowest BCUT2D eigenvalue weighted by atomic mass is 9.96. The highest BCUT2D eigenvalue weighted by Crippen LogP contribution is 2.31. The molecule has 0 aromatic carbocycles. The Kier molecular flexibility index (Phi) is 8.35. The second kappa shape index (κ2) is 10.5. The van der Waals surface area contributed by atoms with Crippen molar-refractivity contribution in [2.75, 3.05) is 32.9 Å². The molecule has 164 valence electrons. The van der Waals surface area contributed by atoms with Crippen LogP contribution in [0.5, 0.6) is 0 Å². The summed E-state index contributed by atoms with van der Waals surface area (Å²) in [4.78, 5) is 48.4. The van der Waals surface area contributed by atoms with Crippen molar-refractivity contribution in [3.05, 3.63) is 0 Å². The molecule has 0 aromatic heterocycles. The standard InChI is InChI=1S/C18H27NO10/c1-10(20)25-9-14-15(26-11(2)21)16(27-12(3)22)17(28-13(4)23)18(29-14)19-5-7-24-8-6-19/h14-18H,5-9H2,1-4H3/t14-,15-,16+,17-,18-/m0/s1. The van der Waals surface area contributed by atoms with Crippen molar-refractivity contribution in [2.24, 2.45) is 0 Å². The SMILES string of the molecule is CC(=O)OC[C@@H]1O[C@H](N2CCOCC2)[C@@H](OC(C)=O)[C@H](OC(C)=O)[C@H]1OC(C)=O. The van der Waals surface area contributed by atoms with Crippen LogP contribution in [-0.4, -0.2) is 92.3 Å². The number of esters is 4. The summed E-state index contributed by atoms with van der Waals surface area (Å²) >= 11 is 0. The smallest absolute Gasteiger partial charge is 0.303 e. The molecule has 2 rings (SSSR count). The van der Waals surface area contributed by atoms with Crippen molar-refractivity contribution < 1.29 is 47.6 Å². The average molecular weight is 417 g/mol. The van der Waals surface area contributed by atoms with Gasteiger partial charge in [0.25, 0.3) is 0 Å². The molecule has 2 saturated heterocycles. The Hall–Kier alpha value is -2.24. The first-order valence-corrected chi connectivity index (χ1v) is 9.31. The quantitative estimate of drug-likeness (QED) is 0.406. The highest BCUT2D eigenvalue weighted by Gasteiger charge is 2.53. The number of morpholine rings is 1. The maximum absolute atomic E-state index is 11.8. The van der Waals surface area contributed by atoms with Crippen LogP contribution in [0, 0.1) is 0 Å². The summed E-state index contributed by atoms with van der Waals surface area (Å²) in [5, 5.41) is 0. The zero-order chi connectivity index (χ0) is 21.6. The number of carbonyl (C=O) groups excluding carboxylic acids is 4. The molecule has 0 bridgehead atoms. The summed E-state index contributed by atoms with van der Waals surface area (Å²) in [5.41, 5.74) is 0. The van der Waals surface area contributed by atoms with E-state index in [2.05, 4.69) is 0 Å². The maximum atomic E-state index is 11.8. The molecule has 11 nitrogen and oxygen atoms in total. The Bertz CT molecular complexity index is 618. The van der Waals surface area contributed by atoms with Gasteiger partial charge in [0.2, 0.25) is 0 Å². The Morgan fingerprint density at radius 2 is 1.31 bits per heavy atom. The minimum atomic E-state index is -1.15. The maximum Gasteiger partial charge on any atom is 0.303 e. The highest BCUT2D eigenvalue weighted by atomic mass is 16.7. The third kappa shape index (κ3) is 6.65. The van der Waals surface area contributed by atoms with Gasteiger partial charge in [-0.05, 0) is 0 Å². The number of hydrogen-bond acceptors (Lipinski definition) is 11. The van der Waals surface area contributed by atoms with Crippen LogP contribution in [0.15, 0.2) is 0 Å². The van der Waals surface area contributed by atoms with Crippen molar-refractivity contribution in [1.82, 2.24) is 4.90 Å². The minimum Gasteiger partial charge on any atom is -0.463 e. The van der Waals surface area contributed by atoms with Crippen LogP contribution in [0.1, 0.15) is 27.7 Å². The zero-order valence-corrected chi connectivity index (χ0v) is 17.0. The Morgan fingerprint density at radius 3 is 1.83 bits per heavy atom. The average Bonchev–Trinajstić information content (AvgIpc) is 2.63. The molecule has 2 fully saturated rings. The zero-order valence-electron chi connectivity index (χ0n) is 17.0. The van der Waals surface area contributed by atoms with Gasteiger partial charge in [0.15, 0.2) is 24.5 Å². The van der Waals surface area contributed by atoms with Crippen LogP contribution in [0.3, 0.4) is 0 Å². The molecule has 5 atom stereocenters. The van der Waals surface area contributed by atoms with E-state index >= 15 is 0 Å². The Morgan fingerprint density at radius 1 is 0.793 bits per heavy atom. The fourth-order valence-electron chi connectivity index (χ4n) is 3.33. The molecule has 11 heteroatoms. The molecule has 0 saturated carbocycles. The van der Waals surface area contributed by atoms with Crippen molar-refractivity contribution in [2.45, 2.75) is 58.3 Å². The van der Waals surface area contributed by atoms with Gasteiger partial charge in [0, 0.05) is 40.8 Å². The second-order valence-corrected chi connectivity index (χ2v) is 6.74. The van der Waals surface area contributed by atoms with Crippen molar-refractivity contribution in [3.63, 3.8) is 0 Å². The summed E-state index contributed by atoms with van der Waals surface area (Å²) in [5.74, 6) is -2.48. The predicted octanol–water partition coefficient (Wildman–Crippen LogP) is -0.598. The van der Waals surface area contributed by atoms with Crippen LogP contribution >= 0.6 is 0 Å². The summed E-state index contributed by atoms with van der Waals surface area (Å²) in [7, 11) is 0. The van der Waals surface area contributed by atoms with Gasteiger partial charge in [-0.15, -0.1) is 0 Å². The third-order valence-electron chi connectivity index (χ3n) is 4.37. The van der Waals surface area contributed by atoms with Crippen LogP contribution in [-0.2, 0) is 47.6 Å². The summed E-state index contributed by atoms with van der Waals surface area (Å²) < 4.78 is 32.6. The lowest BCUT2D eigenvalue weighted by Crippen LogP contribution is -2.67. The van der Waals surface area contributed by atoms with Crippen LogP contribution in [0.2, 0.25) is 0 Å². The minimum absolute atomic E-state index is 0.237. The van der Waals surface area contributed by atoms with E-state index in [1.54, 1.807) is 0 Å². The van der Waals surface area contributed by atoms with E-state index in [1.165, 1.54) is 27.7 Å². The van der Waals surface area contributed by atoms with Gasteiger partial charge < -0.3 is 28.4 Å². The first-order chi connectivity index (χ1) is 13.7. The first-order valence-electron chi connectivity index (χ1n) is 9.31. The Labute approximate surface area is 168 Å². The molecule has 0 radical (unpaired) electrons. The van der Waals surface area contributed by atoms with E-state index in [9.17, 15) is 19.2 Å². The lowest BCUT2D eigenvalue weighted by Gasteiger charge is -2.48. The molecule has 0 aliphatic carbocycles. The number of nitrogens with zero attached hydrogens (tertiary/aromatic N) is 1. The van der Waals surface area contributed by atoms with Crippen LogP contribution in [0.4, 0.5) is 0 Å². The molecule has 29 heavy (non-hydrogen) atoms. The molecule has 2 heterocycles. The van der Waals surface area contributed by atoms with Crippen LogP contribution in [0.25, 0.3) is 0 Å². The molecule has 2 aliphatic rings. The fourth-order valence-corrected chi connectivity index (χ4v) is 3.33. The molecule has 0 N–H and O–H groups in total. The van der Waals surface area contributed by atoms with E-state index in [-0.39, 0.29) is 6.61 Å². The fraction of sp³-hybridized carbons (Fsp3) is 0.778. The Balaban J connectivity index is 2.40. The van der Waals surface area contributed by atoms with Crippen LogP contribution < -0.4 is 0 Å². The van der Waals surface area contributed by atoms with Gasteiger partial charge in [-0.2, -0.15) is 0 Å². The molecular weight excluding hydrogens is 390 g/mol. The van der Waals surface area contributed by atoms with Gasteiger partial charge in [0.1, 0.15) is 12.7 Å². The van der Waals surface area contributed by atoms with Gasteiger partial charge in [0.05, 0.1) is 13.2 Å². The summed E-state index contributed by atoms with van der Waals surface area (Å²) in [6, 6.07) is 0. The van der Waals surface area contributed by atoms with Gasteiger partial charge >= 0.3 is 23.9 Å². The number of ether oxygens (including phenoxy) is 6. The van der Waals surface area contributed by atoms with E-state index in [0.29, 0.717) is 26.3 Å². The summed E-state index contributed by atoms with van der Waals surface area (Å²) in [6.07, 6.45) is -5.11. The largest absolute Gasteiger partial charge is 0.463 e. The van der Waals surface area contributed by atoms with Gasteiger partial charge in [-0.1, -0.05) is 0 Å². The topological polar surface area (TPSA) is 127 Å². The molecule has 2 aliphatic heterocycles. The summed E-state index contributed by atoms with van der Waals surface area (Å²) in [6.45, 7) is 6.42. The van der Waals surface area contributed by atoms with Crippen molar-refractivity contribution >= 4 is 23.9 Å². The third-order valence-corrected chi connectivity index (χ3v) is 4.37.